The Morgan fingerprint density at radius 3 is 3.00 bits per heavy atom. The number of hydrogen-bond donors (Lipinski definition) is 1. The molecule has 2 aromatic rings. The van der Waals surface area contributed by atoms with E-state index >= 15 is 0 Å². The van der Waals surface area contributed by atoms with Crippen molar-refractivity contribution in [1.29, 1.82) is 0 Å². The maximum atomic E-state index is 11.8. The van der Waals surface area contributed by atoms with E-state index in [2.05, 4.69) is 10.3 Å². The lowest BCUT2D eigenvalue weighted by Gasteiger charge is -2.07. The van der Waals surface area contributed by atoms with E-state index in [-0.39, 0.29) is 12.5 Å². The maximum Gasteiger partial charge on any atom is 0.264 e. The van der Waals surface area contributed by atoms with E-state index in [9.17, 15) is 4.79 Å². The Morgan fingerprint density at radius 1 is 1.43 bits per heavy atom. The fraction of sp³-hybridized carbons (Fsp3) is 0.286. The fourth-order valence-electron chi connectivity index (χ4n) is 1.57. The molecule has 0 aliphatic rings. The number of nitrogens with one attached hydrogen (secondary N) is 1. The van der Waals surface area contributed by atoms with Crippen LogP contribution in [0.2, 0.25) is 0 Å². The normalized spacial score (nSPS) is 10.2. The summed E-state index contributed by atoms with van der Waals surface area (Å²) in [5, 5.41) is 5.26. The second-order valence-corrected chi connectivity index (χ2v) is 5.82. The first-order valence-corrected chi connectivity index (χ1v) is 8.48. The number of anilines is 1. The smallest absolute Gasteiger partial charge is 0.264 e. The standard InChI is InChI=1S/C14H16N2O3S2/c1-18-11-4-3-5-12(6-11)19-7-13(17)16-14-15-10(8-20-2)9-21-14/h3-6,9H,7-8H2,1-2H3,(H,15,16,17). The zero-order valence-electron chi connectivity index (χ0n) is 11.8. The van der Waals surface area contributed by atoms with Crippen molar-refractivity contribution in [3.63, 3.8) is 0 Å². The molecular formula is C14H16N2O3S2. The number of aromatic nitrogens is 1. The van der Waals surface area contributed by atoms with Gasteiger partial charge in [-0.05, 0) is 18.4 Å². The molecule has 0 aliphatic carbocycles. The van der Waals surface area contributed by atoms with Gasteiger partial charge in [0.15, 0.2) is 11.7 Å². The predicted molar refractivity (Wildman–Crippen MR) is 86.5 cm³/mol. The van der Waals surface area contributed by atoms with Gasteiger partial charge in [-0.1, -0.05) is 6.07 Å². The summed E-state index contributed by atoms with van der Waals surface area (Å²) in [6, 6.07) is 7.13. The number of nitrogens with zero attached hydrogens (tertiary/aromatic N) is 1. The van der Waals surface area contributed by atoms with Crippen molar-refractivity contribution >= 4 is 34.1 Å². The van der Waals surface area contributed by atoms with Gasteiger partial charge in [-0.25, -0.2) is 4.98 Å². The molecule has 1 N–H and O–H groups in total. The Balaban J connectivity index is 1.83. The molecule has 0 saturated heterocycles. The van der Waals surface area contributed by atoms with Gasteiger partial charge in [-0.15, -0.1) is 11.3 Å². The maximum absolute atomic E-state index is 11.8. The number of methoxy groups -OCH3 is 1. The molecule has 5 nitrogen and oxygen atoms in total. The summed E-state index contributed by atoms with van der Waals surface area (Å²) in [6.45, 7) is -0.0649. The topological polar surface area (TPSA) is 60.5 Å². The van der Waals surface area contributed by atoms with E-state index in [1.807, 2.05) is 23.8 Å². The van der Waals surface area contributed by atoms with Gasteiger partial charge in [0.25, 0.3) is 5.91 Å². The Kier molecular flexibility index (Phi) is 5.89. The first-order chi connectivity index (χ1) is 10.2. The molecule has 0 atom stereocenters. The highest BCUT2D eigenvalue weighted by Crippen LogP contribution is 2.20. The van der Waals surface area contributed by atoms with Crippen LogP contribution in [0.15, 0.2) is 29.6 Å². The van der Waals surface area contributed by atoms with Gasteiger partial charge in [-0.3, -0.25) is 10.1 Å². The van der Waals surface area contributed by atoms with Crippen LogP contribution in [0.5, 0.6) is 11.5 Å². The van der Waals surface area contributed by atoms with E-state index < -0.39 is 0 Å². The molecule has 0 radical (unpaired) electrons. The van der Waals surface area contributed by atoms with E-state index in [1.165, 1.54) is 11.3 Å². The van der Waals surface area contributed by atoms with Crippen LogP contribution in [0.3, 0.4) is 0 Å². The minimum Gasteiger partial charge on any atom is -0.497 e. The second-order valence-electron chi connectivity index (χ2n) is 4.09. The molecule has 0 unspecified atom stereocenters. The molecule has 2 rings (SSSR count). The van der Waals surface area contributed by atoms with Crippen molar-refractivity contribution in [2.45, 2.75) is 5.75 Å². The van der Waals surface area contributed by atoms with Crippen molar-refractivity contribution < 1.29 is 14.3 Å². The second kappa shape index (κ2) is 7.90. The van der Waals surface area contributed by atoms with Gasteiger partial charge in [0.2, 0.25) is 0 Å². The monoisotopic (exact) mass is 324 g/mol. The molecule has 0 bridgehead atoms. The molecule has 21 heavy (non-hydrogen) atoms. The molecule has 1 aromatic heterocycles. The molecule has 0 fully saturated rings. The number of thiazole rings is 1. The summed E-state index contributed by atoms with van der Waals surface area (Å²) >= 11 is 3.11. The number of thioether (sulfide) groups is 1. The molecule has 1 amide bonds. The van der Waals surface area contributed by atoms with E-state index in [0.29, 0.717) is 16.6 Å². The third-order valence-corrected chi connectivity index (χ3v) is 3.89. The summed E-state index contributed by atoms with van der Waals surface area (Å²) in [5.74, 6) is 1.89. The number of rotatable bonds is 7. The number of carbonyl (C=O) groups excluding carboxylic acids is 1. The third kappa shape index (κ3) is 4.95. The number of amides is 1. The van der Waals surface area contributed by atoms with E-state index in [1.54, 1.807) is 31.0 Å². The SMILES string of the molecule is COc1cccc(OCC(=O)Nc2nc(CSC)cs2)c1. The highest BCUT2D eigenvalue weighted by Gasteiger charge is 2.07. The lowest BCUT2D eigenvalue weighted by molar-refractivity contribution is -0.118. The van der Waals surface area contributed by atoms with Gasteiger partial charge in [0.05, 0.1) is 12.8 Å². The van der Waals surface area contributed by atoms with Crippen LogP contribution in [-0.4, -0.2) is 30.9 Å². The minimum absolute atomic E-state index is 0.0649. The molecular weight excluding hydrogens is 308 g/mol. The molecule has 1 aromatic carbocycles. The first-order valence-electron chi connectivity index (χ1n) is 6.21. The Bertz CT molecular complexity index is 601. The average molecular weight is 324 g/mol. The van der Waals surface area contributed by atoms with Crippen molar-refractivity contribution in [3.05, 3.63) is 35.3 Å². The lowest BCUT2D eigenvalue weighted by Crippen LogP contribution is -2.20. The summed E-state index contributed by atoms with van der Waals surface area (Å²) in [6.07, 6.45) is 2.01. The predicted octanol–water partition coefficient (Wildman–Crippen LogP) is 3.03. The summed E-state index contributed by atoms with van der Waals surface area (Å²) in [5.41, 5.74) is 0.969. The number of benzene rings is 1. The fourth-order valence-corrected chi connectivity index (χ4v) is 2.85. The summed E-state index contributed by atoms with van der Waals surface area (Å²) in [4.78, 5) is 16.1. The largest absolute Gasteiger partial charge is 0.497 e. The van der Waals surface area contributed by atoms with Gasteiger partial charge >= 0.3 is 0 Å². The Hall–Kier alpha value is -1.73. The zero-order valence-corrected chi connectivity index (χ0v) is 13.4. The van der Waals surface area contributed by atoms with Crippen molar-refractivity contribution in [2.24, 2.45) is 0 Å². The van der Waals surface area contributed by atoms with Crippen LogP contribution in [0, 0.1) is 0 Å². The minimum atomic E-state index is -0.233. The van der Waals surface area contributed by atoms with Crippen molar-refractivity contribution in [2.75, 3.05) is 25.3 Å². The van der Waals surface area contributed by atoms with Crippen LogP contribution in [-0.2, 0) is 10.5 Å². The third-order valence-electron chi connectivity index (χ3n) is 2.50. The van der Waals surface area contributed by atoms with Gasteiger partial charge in [-0.2, -0.15) is 11.8 Å². The molecule has 112 valence electrons. The molecule has 0 spiro atoms. The van der Waals surface area contributed by atoms with Crippen LogP contribution in [0.1, 0.15) is 5.69 Å². The lowest BCUT2D eigenvalue weighted by atomic mass is 10.3. The van der Waals surface area contributed by atoms with Gasteiger partial charge < -0.3 is 9.47 Å². The van der Waals surface area contributed by atoms with Crippen LogP contribution < -0.4 is 14.8 Å². The van der Waals surface area contributed by atoms with E-state index in [4.69, 9.17) is 9.47 Å². The number of carbonyl (C=O) groups is 1. The van der Waals surface area contributed by atoms with Crippen LogP contribution >= 0.6 is 23.1 Å². The molecule has 0 aliphatic heterocycles. The summed E-state index contributed by atoms with van der Waals surface area (Å²) in [7, 11) is 1.58. The highest BCUT2D eigenvalue weighted by atomic mass is 32.2. The summed E-state index contributed by atoms with van der Waals surface area (Å²) < 4.78 is 10.5. The number of ether oxygens (including phenoxy) is 2. The first kappa shape index (κ1) is 15.7. The van der Waals surface area contributed by atoms with Crippen LogP contribution in [0.4, 0.5) is 5.13 Å². The molecule has 7 heteroatoms. The van der Waals surface area contributed by atoms with Crippen molar-refractivity contribution in [3.8, 4) is 11.5 Å². The molecule has 0 saturated carbocycles. The van der Waals surface area contributed by atoms with Crippen LogP contribution in [0.25, 0.3) is 0 Å². The van der Waals surface area contributed by atoms with Gasteiger partial charge in [0.1, 0.15) is 11.5 Å². The number of hydrogen-bond acceptors (Lipinski definition) is 6. The average Bonchev–Trinajstić information content (AvgIpc) is 2.93. The highest BCUT2D eigenvalue weighted by molar-refractivity contribution is 7.97. The van der Waals surface area contributed by atoms with Crippen molar-refractivity contribution in [1.82, 2.24) is 4.98 Å². The molecule has 1 heterocycles. The Labute approximate surface area is 131 Å². The quantitative estimate of drug-likeness (QED) is 0.848. The Morgan fingerprint density at radius 2 is 2.24 bits per heavy atom. The zero-order chi connectivity index (χ0) is 15.1. The van der Waals surface area contributed by atoms with E-state index in [0.717, 1.165) is 11.4 Å². The van der Waals surface area contributed by atoms with Gasteiger partial charge in [0, 0.05) is 17.2 Å².